The van der Waals surface area contributed by atoms with E-state index in [1.807, 2.05) is 42.2 Å². The highest BCUT2D eigenvalue weighted by atomic mass is 16.5. The number of ether oxygens (including phenoxy) is 2. The molecule has 28 heavy (non-hydrogen) atoms. The van der Waals surface area contributed by atoms with Gasteiger partial charge in [0.25, 0.3) is 0 Å². The highest BCUT2D eigenvalue weighted by Crippen LogP contribution is 2.30. The third-order valence-corrected chi connectivity index (χ3v) is 4.87. The maximum Gasteiger partial charge on any atom is 0.191 e. The minimum Gasteiger partial charge on any atom is -0.497 e. The number of rotatable bonds is 8. The lowest BCUT2D eigenvalue weighted by Crippen LogP contribution is -2.45. The molecule has 0 aliphatic carbocycles. The molecule has 0 spiro atoms. The first-order chi connectivity index (χ1) is 13.7. The Hall–Kier alpha value is -2.90. The summed E-state index contributed by atoms with van der Waals surface area (Å²) in [5.74, 6) is 2.45. The number of methoxy groups -OCH3 is 2. The van der Waals surface area contributed by atoms with Crippen molar-refractivity contribution in [3.63, 3.8) is 0 Å². The van der Waals surface area contributed by atoms with E-state index in [0.29, 0.717) is 6.04 Å². The molecule has 8 nitrogen and oxygen atoms in total. The van der Waals surface area contributed by atoms with Gasteiger partial charge in [-0.25, -0.2) is 0 Å². The van der Waals surface area contributed by atoms with E-state index in [1.54, 1.807) is 20.4 Å². The van der Waals surface area contributed by atoms with Crippen LogP contribution in [-0.2, 0) is 6.54 Å². The molecule has 1 aliphatic rings. The summed E-state index contributed by atoms with van der Waals surface area (Å²) in [5, 5.41) is 11.1. The molecule has 0 radical (unpaired) electrons. The van der Waals surface area contributed by atoms with Gasteiger partial charge in [-0.2, -0.15) is 5.10 Å². The quantitative estimate of drug-likeness (QED) is 0.409. The fourth-order valence-electron chi connectivity index (χ4n) is 3.36. The monoisotopic (exact) mass is 386 g/mol. The molecule has 2 aromatic rings. The van der Waals surface area contributed by atoms with E-state index in [1.165, 1.54) is 0 Å². The highest BCUT2D eigenvalue weighted by Gasteiger charge is 2.24. The molecule has 0 saturated carbocycles. The Kier molecular flexibility index (Phi) is 7.00. The van der Waals surface area contributed by atoms with Crippen molar-refractivity contribution in [2.75, 3.05) is 45.8 Å². The number of hydrogen-bond acceptors (Lipinski definition) is 5. The van der Waals surface area contributed by atoms with Gasteiger partial charge in [0.05, 0.1) is 14.2 Å². The summed E-state index contributed by atoms with van der Waals surface area (Å²) in [4.78, 5) is 6.69. The van der Waals surface area contributed by atoms with Gasteiger partial charge in [0, 0.05) is 75.5 Å². The van der Waals surface area contributed by atoms with Gasteiger partial charge in [0.2, 0.25) is 0 Å². The number of aryl methyl sites for hydroxylation is 1. The summed E-state index contributed by atoms with van der Waals surface area (Å²) in [6, 6.07) is 8.28. The summed E-state index contributed by atoms with van der Waals surface area (Å²) in [6.45, 7) is 3.63. The van der Waals surface area contributed by atoms with Crippen LogP contribution in [0.2, 0.25) is 0 Å². The maximum atomic E-state index is 5.39. The normalized spacial score (nSPS) is 16.9. The van der Waals surface area contributed by atoms with E-state index >= 15 is 0 Å². The first-order valence-electron chi connectivity index (χ1n) is 9.64. The lowest BCUT2D eigenvalue weighted by Gasteiger charge is -2.21. The zero-order chi connectivity index (χ0) is 19.8. The number of guanidine groups is 1. The molecule has 1 aliphatic heterocycles. The van der Waals surface area contributed by atoms with Crippen molar-refractivity contribution >= 4 is 11.6 Å². The van der Waals surface area contributed by atoms with Crippen molar-refractivity contribution in [1.82, 2.24) is 20.4 Å². The molecular weight excluding hydrogens is 356 g/mol. The van der Waals surface area contributed by atoms with Crippen LogP contribution in [0.25, 0.3) is 0 Å². The zero-order valence-corrected chi connectivity index (χ0v) is 16.9. The minimum atomic E-state index is 0.342. The van der Waals surface area contributed by atoms with Crippen LogP contribution in [0, 0.1) is 0 Å². The fourth-order valence-corrected chi connectivity index (χ4v) is 3.36. The molecule has 152 valence electrons. The van der Waals surface area contributed by atoms with Gasteiger partial charge in [-0.3, -0.25) is 9.67 Å². The third-order valence-electron chi connectivity index (χ3n) is 4.87. The Morgan fingerprint density at radius 1 is 1.25 bits per heavy atom. The summed E-state index contributed by atoms with van der Waals surface area (Å²) in [6.07, 6.45) is 5.82. The average Bonchev–Trinajstić information content (AvgIpc) is 3.41. The fraction of sp³-hybridized carbons (Fsp3) is 0.500. The molecule has 8 heteroatoms. The number of nitrogens with one attached hydrogen (secondary N) is 2. The Morgan fingerprint density at radius 3 is 2.68 bits per heavy atom. The Labute approximate surface area is 166 Å². The van der Waals surface area contributed by atoms with Gasteiger partial charge in [-0.15, -0.1) is 0 Å². The lowest BCUT2D eigenvalue weighted by molar-refractivity contribution is 0.394. The Bertz CT molecular complexity index is 740. The predicted molar refractivity (Wildman–Crippen MR) is 112 cm³/mol. The summed E-state index contributed by atoms with van der Waals surface area (Å²) >= 11 is 0. The third kappa shape index (κ3) is 5.31. The topological polar surface area (TPSA) is 75.9 Å². The van der Waals surface area contributed by atoms with Crippen LogP contribution in [0.15, 0.2) is 41.7 Å². The first-order valence-corrected chi connectivity index (χ1v) is 9.64. The molecule has 2 heterocycles. The van der Waals surface area contributed by atoms with Crippen molar-refractivity contribution in [2.24, 2.45) is 4.99 Å². The molecule has 3 rings (SSSR count). The SMILES string of the molecule is CN=C(NCCCn1cccn1)NC1CCN(c2cc(OC)cc(OC)c2)C1. The molecule has 2 N–H and O–H groups in total. The van der Waals surface area contributed by atoms with E-state index in [0.717, 1.165) is 62.2 Å². The van der Waals surface area contributed by atoms with E-state index in [2.05, 4.69) is 25.6 Å². The number of aromatic nitrogens is 2. The van der Waals surface area contributed by atoms with Crippen LogP contribution in [-0.4, -0.2) is 62.7 Å². The van der Waals surface area contributed by atoms with Crippen LogP contribution in [0.5, 0.6) is 11.5 Å². The van der Waals surface area contributed by atoms with E-state index in [-0.39, 0.29) is 0 Å². The molecule has 1 unspecified atom stereocenters. The van der Waals surface area contributed by atoms with Crippen molar-refractivity contribution in [3.8, 4) is 11.5 Å². The standard InChI is InChI=1S/C20H30N6O2/c1-21-20(22-7-4-9-26-10-5-8-23-26)24-16-6-11-25(15-16)17-12-18(27-2)14-19(13-17)28-3/h5,8,10,12-14,16H,4,6-7,9,11,15H2,1-3H3,(H2,21,22,24). The molecule has 1 atom stereocenters. The molecule has 1 saturated heterocycles. The molecule has 1 aromatic carbocycles. The van der Waals surface area contributed by atoms with Crippen molar-refractivity contribution in [3.05, 3.63) is 36.7 Å². The van der Waals surface area contributed by atoms with Crippen LogP contribution >= 0.6 is 0 Å². The maximum absolute atomic E-state index is 5.39. The number of anilines is 1. The highest BCUT2D eigenvalue weighted by molar-refractivity contribution is 5.80. The van der Waals surface area contributed by atoms with Gasteiger partial charge in [0.15, 0.2) is 5.96 Å². The summed E-state index contributed by atoms with van der Waals surface area (Å²) < 4.78 is 12.7. The van der Waals surface area contributed by atoms with Crippen LogP contribution in [0.3, 0.4) is 0 Å². The molecule has 0 bridgehead atoms. The molecule has 1 fully saturated rings. The van der Waals surface area contributed by atoms with Crippen LogP contribution in [0.1, 0.15) is 12.8 Å². The van der Waals surface area contributed by atoms with Crippen LogP contribution in [0.4, 0.5) is 5.69 Å². The van der Waals surface area contributed by atoms with Gasteiger partial charge in [-0.05, 0) is 18.9 Å². The average molecular weight is 387 g/mol. The second-order valence-electron chi connectivity index (χ2n) is 6.77. The van der Waals surface area contributed by atoms with Crippen LogP contribution < -0.4 is 25.0 Å². The second-order valence-corrected chi connectivity index (χ2v) is 6.77. The Balaban J connectivity index is 1.47. The number of aliphatic imine (C=N–C) groups is 1. The smallest absolute Gasteiger partial charge is 0.191 e. The molecular formula is C20H30N6O2. The van der Waals surface area contributed by atoms with E-state index in [4.69, 9.17) is 9.47 Å². The molecule has 1 aromatic heterocycles. The summed E-state index contributed by atoms with van der Waals surface area (Å²) in [7, 11) is 5.16. The van der Waals surface area contributed by atoms with Gasteiger partial charge >= 0.3 is 0 Å². The minimum absolute atomic E-state index is 0.342. The van der Waals surface area contributed by atoms with Crippen molar-refractivity contribution < 1.29 is 9.47 Å². The Morgan fingerprint density at radius 2 is 2.04 bits per heavy atom. The summed E-state index contributed by atoms with van der Waals surface area (Å²) in [5.41, 5.74) is 1.11. The van der Waals surface area contributed by atoms with Crippen molar-refractivity contribution in [2.45, 2.75) is 25.4 Å². The second kappa shape index (κ2) is 9.87. The van der Waals surface area contributed by atoms with E-state index in [9.17, 15) is 0 Å². The zero-order valence-electron chi connectivity index (χ0n) is 16.9. The van der Waals surface area contributed by atoms with Gasteiger partial charge in [0.1, 0.15) is 11.5 Å². The van der Waals surface area contributed by atoms with E-state index < -0.39 is 0 Å². The first kappa shape index (κ1) is 19.9. The predicted octanol–water partition coefficient (Wildman–Crippen LogP) is 1.73. The lowest BCUT2D eigenvalue weighted by atomic mass is 10.2. The largest absolute Gasteiger partial charge is 0.497 e. The van der Waals surface area contributed by atoms with Gasteiger partial charge in [-0.1, -0.05) is 0 Å². The number of hydrogen-bond donors (Lipinski definition) is 2. The van der Waals surface area contributed by atoms with Gasteiger partial charge < -0.3 is 25.0 Å². The number of nitrogens with zero attached hydrogens (tertiary/aromatic N) is 4. The molecule has 0 amide bonds. The van der Waals surface area contributed by atoms with Crippen molar-refractivity contribution in [1.29, 1.82) is 0 Å². The number of benzene rings is 1.